The molecule has 0 aromatic heterocycles. The standard InChI is InChI=1S/C30H36ClFN6O4/c1-19-23-6-5-22(31)13-20(23)7-8-38(19)28(40)17-34-26-15-25(21(16-33)14-24(26)32)35-27(39)18-36-9-11-37(12-10-36)29(41)42-30(2,3)4/h5-6,13-15,19,34H,7-12,17-18H2,1-4H3,(H,35,39)/t19-/m0/s1. The molecule has 0 saturated carbocycles. The molecule has 2 aliphatic rings. The van der Waals surface area contributed by atoms with Gasteiger partial charge in [-0.05, 0) is 69.5 Å². The molecule has 2 heterocycles. The number of carbonyl (C=O) groups is 3. The maximum Gasteiger partial charge on any atom is 0.410 e. The number of carbonyl (C=O) groups excluding carboxylic acids is 3. The van der Waals surface area contributed by atoms with Gasteiger partial charge in [-0.2, -0.15) is 5.26 Å². The SMILES string of the molecule is C[C@H]1c2ccc(Cl)cc2CCN1C(=O)CNc1cc(NC(=O)CN2CCN(C(=O)OC(C)(C)C)CC2)c(C#N)cc1F. The van der Waals surface area contributed by atoms with Gasteiger partial charge in [0.1, 0.15) is 17.5 Å². The average molecular weight is 599 g/mol. The van der Waals surface area contributed by atoms with E-state index in [4.69, 9.17) is 16.3 Å². The third-order valence-electron chi connectivity index (χ3n) is 7.29. The molecule has 1 saturated heterocycles. The molecule has 4 rings (SSSR count). The van der Waals surface area contributed by atoms with Gasteiger partial charge in [-0.1, -0.05) is 17.7 Å². The minimum atomic E-state index is -0.706. The van der Waals surface area contributed by atoms with Gasteiger partial charge in [0, 0.05) is 37.7 Å². The summed E-state index contributed by atoms with van der Waals surface area (Å²) in [5, 5.41) is 15.7. The van der Waals surface area contributed by atoms with Gasteiger partial charge < -0.3 is 25.2 Å². The van der Waals surface area contributed by atoms with Crippen LogP contribution in [-0.4, -0.2) is 84.0 Å². The van der Waals surface area contributed by atoms with Crippen molar-refractivity contribution >= 4 is 40.9 Å². The summed E-state index contributed by atoms with van der Waals surface area (Å²) in [6.07, 6.45) is 0.281. The highest BCUT2D eigenvalue weighted by molar-refractivity contribution is 6.30. The first-order valence-corrected chi connectivity index (χ1v) is 14.3. The Balaban J connectivity index is 1.33. The Morgan fingerprint density at radius 3 is 2.48 bits per heavy atom. The quantitative estimate of drug-likeness (QED) is 0.506. The van der Waals surface area contributed by atoms with Crippen molar-refractivity contribution in [2.75, 3.05) is 56.4 Å². The molecule has 1 fully saturated rings. The summed E-state index contributed by atoms with van der Waals surface area (Å²) in [4.78, 5) is 43.4. The van der Waals surface area contributed by atoms with Crippen molar-refractivity contribution in [3.05, 3.63) is 57.9 Å². The molecule has 10 nitrogen and oxygen atoms in total. The molecule has 0 unspecified atom stereocenters. The minimum Gasteiger partial charge on any atom is -0.444 e. The van der Waals surface area contributed by atoms with Gasteiger partial charge in [-0.25, -0.2) is 9.18 Å². The van der Waals surface area contributed by atoms with Crippen molar-refractivity contribution in [1.29, 1.82) is 5.26 Å². The zero-order valence-corrected chi connectivity index (χ0v) is 25.1. The summed E-state index contributed by atoms with van der Waals surface area (Å²) in [7, 11) is 0. The Kier molecular flexibility index (Phi) is 9.59. The van der Waals surface area contributed by atoms with Gasteiger partial charge in [0.15, 0.2) is 0 Å². The highest BCUT2D eigenvalue weighted by Crippen LogP contribution is 2.31. The van der Waals surface area contributed by atoms with E-state index in [1.54, 1.807) is 36.6 Å². The second kappa shape index (κ2) is 13.0. The molecule has 0 radical (unpaired) electrons. The van der Waals surface area contributed by atoms with E-state index in [1.807, 2.05) is 30.0 Å². The van der Waals surface area contributed by atoms with Crippen molar-refractivity contribution in [1.82, 2.24) is 14.7 Å². The number of benzene rings is 2. The maximum atomic E-state index is 14.8. The maximum absolute atomic E-state index is 14.8. The molecule has 224 valence electrons. The van der Waals surface area contributed by atoms with Crippen LogP contribution in [0, 0.1) is 17.1 Å². The molecule has 0 spiro atoms. The van der Waals surface area contributed by atoms with E-state index >= 15 is 0 Å². The Hall–Kier alpha value is -3.88. The van der Waals surface area contributed by atoms with E-state index < -0.39 is 11.4 Å². The van der Waals surface area contributed by atoms with Crippen molar-refractivity contribution in [2.24, 2.45) is 0 Å². The first kappa shape index (κ1) is 31.1. The van der Waals surface area contributed by atoms with Gasteiger partial charge in [-0.3, -0.25) is 14.5 Å². The van der Waals surface area contributed by atoms with E-state index in [1.165, 1.54) is 6.07 Å². The smallest absolute Gasteiger partial charge is 0.410 e. The van der Waals surface area contributed by atoms with E-state index in [9.17, 15) is 24.0 Å². The van der Waals surface area contributed by atoms with Crippen LogP contribution < -0.4 is 10.6 Å². The number of amides is 3. The summed E-state index contributed by atoms with van der Waals surface area (Å²) in [5.41, 5.74) is 1.65. The number of ether oxygens (including phenoxy) is 1. The number of nitrogens with one attached hydrogen (secondary N) is 2. The molecule has 2 aliphatic heterocycles. The highest BCUT2D eigenvalue weighted by Gasteiger charge is 2.29. The molecular formula is C30H36ClFN6O4. The molecule has 0 aliphatic carbocycles. The fourth-order valence-electron chi connectivity index (χ4n) is 5.13. The number of nitrogens with zero attached hydrogens (tertiary/aromatic N) is 4. The second-order valence-electron chi connectivity index (χ2n) is 11.5. The first-order valence-electron chi connectivity index (χ1n) is 13.9. The highest BCUT2D eigenvalue weighted by atomic mass is 35.5. The van der Waals surface area contributed by atoms with Gasteiger partial charge in [-0.15, -0.1) is 0 Å². The van der Waals surface area contributed by atoms with Crippen molar-refractivity contribution in [2.45, 2.75) is 45.8 Å². The summed E-state index contributed by atoms with van der Waals surface area (Å²) < 4.78 is 20.2. The van der Waals surface area contributed by atoms with E-state index in [0.29, 0.717) is 44.2 Å². The number of nitriles is 1. The Labute approximate surface area is 250 Å². The Bertz CT molecular complexity index is 1400. The summed E-state index contributed by atoms with van der Waals surface area (Å²) in [6.45, 7) is 9.52. The van der Waals surface area contributed by atoms with Crippen LogP contribution in [-0.2, 0) is 20.7 Å². The number of fused-ring (bicyclic) bond motifs is 1. The fraction of sp³-hybridized carbons (Fsp3) is 0.467. The zero-order valence-electron chi connectivity index (χ0n) is 24.3. The van der Waals surface area contributed by atoms with Gasteiger partial charge in [0.2, 0.25) is 11.8 Å². The van der Waals surface area contributed by atoms with Crippen LogP contribution in [0.2, 0.25) is 5.02 Å². The van der Waals surface area contributed by atoms with Crippen LogP contribution >= 0.6 is 11.6 Å². The number of hydrogen-bond donors (Lipinski definition) is 2. The normalized spacial score (nSPS) is 17.2. The Morgan fingerprint density at radius 2 is 1.81 bits per heavy atom. The van der Waals surface area contributed by atoms with Crippen LogP contribution in [0.25, 0.3) is 0 Å². The number of rotatable bonds is 6. The van der Waals surface area contributed by atoms with Gasteiger partial charge in [0.05, 0.1) is 36.1 Å². The van der Waals surface area contributed by atoms with E-state index in [0.717, 1.165) is 17.2 Å². The number of anilines is 2. The van der Waals surface area contributed by atoms with Crippen molar-refractivity contribution < 1.29 is 23.5 Å². The number of halogens is 2. The van der Waals surface area contributed by atoms with Gasteiger partial charge in [0.25, 0.3) is 0 Å². The van der Waals surface area contributed by atoms with Crippen LogP contribution in [0.5, 0.6) is 0 Å². The molecule has 1 atom stereocenters. The Morgan fingerprint density at radius 1 is 1.10 bits per heavy atom. The molecule has 2 aromatic rings. The molecule has 12 heteroatoms. The van der Waals surface area contributed by atoms with E-state index in [2.05, 4.69) is 10.6 Å². The molecule has 0 bridgehead atoms. The molecular weight excluding hydrogens is 563 g/mol. The number of piperazine rings is 1. The largest absolute Gasteiger partial charge is 0.444 e. The number of hydrogen-bond acceptors (Lipinski definition) is 7. The summed E-state index contributed by atoms with van der Waals surface area (Å²) in [6, 6.07) is 9.75. The molecule has 2 N–H and O–H groups in total. The first-order chi connectivity index (χ1) is 19.8. The fourth-order valence-corrected chi connectivity index (χ4v) is 5.32. The predicted octanol–water partition coefficient (Wildman–Crippen LogP) is 4.40. The lowest BCUT2D eigenvalue weighted by Crippen LogP contribution is -2.51. The topological polar surface area (TPSA) is 118 Å². The second-order valence-corrected chi connectivity index (χ2v) is 11.9. The summed E-state index contributed by atoms with van der Waals surface area (Å²) >= 11 is 6.11. The van der Waals surface area contributed by atoms with Crippen molar-refractivity contribution in [3.8, 4) is 6.07 Å². The minimum absolute atomic E-state index is 0.000435. The van der Waals surface area contributed by atoms with E-state index in [-0.39, 0.29) is 54.0 Å². The van der Waals surface area contributed by atoms with Gasteiger partial charge >= 0.3 is 6.09 Å². The predicted molar refractivity (Wildman–Crippen MR) is 158 cm³/mol. The van der Waals surface area contributed by atoms with Crippen LogP contribution in [0.1, 0.15) is 50.4 Å². The molecule has 2 aromatic carbocycles. The lowest BCUT2D eigenvalue weighted by molar-refractivity contribution is -0.131. The molecule has 3 amide bonds. The van der Waals surface area contributed by atoms with Crippen molar-refractivity contribution in [3.63, 3.8) is 0 Å². The summed E-state index contributed by atoms with van der Waals surface area (Å²) in [5.74, 6) is -1.29. The third kappa shape index (κ3) is 7.69. The zero-order chi connectivity index (χ0) is 30.6. The lowest BCUT2D eigenvalue weighted by Gasteiger charge is -2.35. The lowest BCUT2D eigenvalue weighted by atomic mass is 9.93. The van der Waals surface area contributed by atoms with Crippen LogP contribution in [0.15, 0.2) is 30.3 Å². The average Bonchev–Trinajstić information content (AvgIpc) is 2.92. The third-order valence-corrected chi connectivity index (χ3v) is 7.52. The molecule has 42 heavy (non-hydrogen) atoms. The van der Waals surface area contributed by atoms with Crippen LogP contribution in [0.3, 0.4) is 0 Å². The monoisotopic (exact) mass is 598 g/mol. The van der Waals surface area contributed by atoms with Crippen LogP contribution in [0.4, 0.5) is 20.6 Å².